The maximum atomic E-state index is 12.2. The monoisotopic (exact) mass is 355 g/mol. The van der Waals surface area contributed by atoms with Gasteiger partial charge in [-0.15, -0.1) is 5.10 Å². The molecule has 0 unspecified atom stereocenters. The molecule has 7 nitrogen and oxygen atoms in total. The zero-order chi connectivity index (χ0) is 17.2. The molecule has 0 bridgehead atoms. The van der Waals surface area contributed by atoms with Gasteiger partial charge in [0.25, 0.3) is 11.8 Å². The molecule has 1 amide bonds. The van der Waals surface area contributed by atoms with E-state index in [0.717, 1.165) is 5.56 Å². The van der Waals surface area contributed by atoms with Gasteiger partial charge >= 0.3 is 6.01 Å². The van der Waals surface area contributed by atoms with Crippen molar-refractivity contribution in [2.45, 2.75) is 0 Å². The Morgan fingerprint density at radius 2 is 1.80 bits per heavy atom. The number of hydrogen-bond acceptors (Lipinski definition) is 6. The van der Waals surface area contributed by atoms with Crippen LogP contribution in [0, 0.1) is 0 Å². The number of aromatic nitrogens is 2. The van der Waals surface area contributed by atoms with Crippen LogP contribution in [-0.2, 0) is 0 Å². The molecule has 3 aromatic heterocycles. The third kappa shape index (κ3) is 3.17. The molecule has 1 N–H and O–H groups in total. The summed E-state index contributed by atoms with van der Waals surface area (Å²) in [7, 11) is 0. The summed E-state index contributed by atoms with van der Waals surface area (Å²) in [6.45, 7) is 0. The lowest BCUT2D eigenvalue weighted by Crippen LogP contribution is -2.11. The summed E-state index contributed by atoms with van der Waals surface area (Å²) in [6.07, 6.45) is 1.49. The van der Waals surface area contributed by atoms with Gasteiger partial charge in [-0.3, -0.25) is 10.1 Å². The highest BCUT2D eigenvalue weighted by atomic mass is 35.5. The molecular formula is C17H10ClN3O4. The predicted molar refractivity (Wildman–Crippen MR) is 89.1 cm³/mol. The van der Waals surface area contributed by atoms with Crippen LogP contribution in [0.1, 0.15) is 10.6 Å². The molecule has 0 aliphatic carbocycles. The molecule has 1 aromatic carbocycles. The van der Waals surface area contributed by atoms with Gasteiger partial charge in [0.2, 0.25) is 0 Å². The lowest BCUT2D eigenvalue weighted by atomic mass is 10.2. The first-order valence-corrected chi connectivity index (χ1v) is 7.61. The van der Waals surface area contributed by atoms with Gasteiger partial charge in [0.15, 0.2) is 11.5 Å². The average Bonchev–Trinajstić information content (AvgIpc) is 3.36. The highest BCUT2D eigenvalue weighted by molar-refractivity contribution is 6.30. The van der Waals surface area contributed by atoms with E-state index in [1.165, 1.54) is 6.26 Å². The van der Waals surface area contributed by atoms with E-state index >= 15 is 0 Å². The number of amides is 1. The van der Waals surface area contributed by atoms with Crippen LogP contribution < -0.4 is 5.32 Å². The summed E-state index contributed by atoms with van der Waals surface area (Å²) in [5.74, 6) is 0.735. The van der Waals surface area contributed by atoms with Gasteiger partial charge in [0.05, 0.1) is 6.26 Å². The number of nitrogens with zero attached hydrogens (tertiary/aromatic N) is 2. The van der Waals surface area contributed by atoms with Crippen LogP contribution in [0.15, 0.2) is 68.0 Å². The maximum Gasteiger partial charge on any atom is 0.323 e. The van der Waals surface area contributed by atoms with Crippen molar-refractivity contribution in [2.24, 2.45) is 0 Å². The molecule has 0 spiro atoms. The van der Waals surface area contributed by atoms with E-state index in [1.54, 1.807) is 48.5 Å². The predicted octanol–water partition coefficient (Wildman–Crippen LogP) is 4.50. The maximum absolute atomic E-state index is 12.2. The summed E-state index contributed by atoms with van der Waals surface area (Å²) in [6, 6.07) is 13.7. The molecule has 4 aromatic rings. The third-order valence-electron chi connectivity index (χ3n) is 3.34. The fraction of sp³-hybridized carbons (Fsp3) is 0. The van der Waals surface area contributed by atoms with Gasteiger partial charge in [0, 0.05) is 10.6 Å². The lowest BCUT2D eigenvalue weighted by Gasteiger charge is -1.98. The Kier molecular flexibility index (Phi) is 3.83. The van der Waals surface area contributed by atoms with Gasteiger partial charge < -0.3 is 13.3 Å². The lowest BCUT2D eigenvalue weighted by molar-refractivity contribution is 0.0994. The zero-order valence-electron chi connectivity index (χ0n) is 12.6. The van der Waals surface area contributed by atoms with Crippen LogP contribution in [0.5, 0.6) is 0 Å². The highest BCUT2D eigenvalue weighted by Gasteiger charge is 2.17. The number of nitrogens with one attached hydrogen (secondary N) is 1. The first-order valence-electron chi connectivity index (χ1n) is 7.23. The minimum absolute atomic E-state index is 0.0548. The Morgan fingerprint density at radius 3 is 2.56 bits per heavy atom. The molecule has 4 rings (SSSR count). The van der Waals surface area contributed by atoms with Crippen molar-refractivity contribution < 1.29 is 18.0 Å². The van der Waals surface area contributed by atoms with Crippen LogP contribution in [0.4, 0.5) is 6.01 Å². The minimum Gasteiger partial charge on any atom is -0.459 e. The first kappa shape index (κ1) is 15.2. The van der Waals surface area contributed by atoms with Crippen molar-refractivity contribution in [1.82, 2.24) is 10.2 Å². The SMILES string of the molecule is O=C(Nc1nnc(-c2ccco2)o1)c1ccc(-c2ccc(Cl)cc2)o1. The van der Waals surface area contributed by atoms with E-state index in [4.69, 9.17) is 24.9 Å². The smallest absolute Gasteiger partial charge is 0.323 e. The summed E-state index contributed by atoms with van der Waals surface area (Å²) in [5, 5.41) is 10.6. The molecule has 0 atom stereocenters. The number of carbonyl (C=O) groups excluding carboxylic acids is 1. The molecule has 124 valence electrons. The van der Waals surface area contributed by atoms with Gasteiger partial charge in [-0.25, -0.2) is 0 Å². The molecule has 0 aliphatic heterocycles. The normalized spacial score (nSPS) is 10.8. The molecule has 0 aliphatic rings. The van der Waals surface area contributed by atoms with Crippen molar-refractivity contribution in [3.8, 4) is 23.0 Å². The second-order valence-corrected chi connectivity index (χ2v) is 5.45. The van der Waals surface area contributed by atoms with E-state index in [-0.39, 0.29) is 17.7 Å². The highest BCUT2D eigenvalue weighted by Crippen LogP contribution is 2.25. The fourth-order valence-corrected chi connectivity index (χ4v) is 2.29. The molecule has 0 saturated heterocycles. The Morgan fingerprint density at radius 1 is 0.960 bits per heavy atom. The second kappa shape index (κ2) is 6.29. The molecule has 25 heavy (non-hydrogen) atoms. The summed E-state index contributed by atoms with van der Waals surface area (Å²) >= 11 is 5.86. The van der Waals surface area contributed by atoms with Crippen molar-refractivity contribution >= 4 is 23.5 Å². The number of halogens is 1. The quantitative estimate of drug-likeness (QED) is 0.579. The first-order chi connectivity index (χ1) is 12.2. The summed E-state index contributed by atoms with van der Waals surface area (Å²) in [5.41, 5.74) is 0.807. The third-order valence-corrected chi connectivity index (χ3v) is 3.59. The van der Waals surface area contributed by atoms with E-state index < -0.39 is 5.91 Å². The van der Waals surface area contributed by atoms with Crippen molar-refractivity contribution in [3.05, 3.63) is 65.6 Å². The molecule has 8 heteroatoms. The molecule has 0 radical (unpaired) electrons. The largest absolute Gasteiger partial charge is 0.459 e. The minimum atomic E-state index is -0.505. The van der Waals surface area contributed by atoms with Crippen LogP contribution in [0.25, 0.3) is 23.0 Å². The summed E-state index contributed by atoms with van der Waals surface area (Å²) < 4.78 is 16.0. The summed E-state index contributed by atoms with van der Waals surface area (Å²) in [4.78, 5) is 12.2. The number of hydrogen-bond donors (Lipinski definition) is 1. The Bertz CT molecular complexity index is 1000. The number of anilines is 1. The van der Waals surface area contributed by atoms with Crippen LogP contribution in [0.2, 0.25) is 5.02 Å². The molecule has 3 heterocycles. The van der Waals surface area contributed by atoms with E-state index in [0.29, 0.717) is 16.5 Å². The van der Waals surface area contributed by atoms with Crippen molar-refractivity contribution in [1.29, 1.82) is 0 Å². The van der Waals surface area contributed by atoms with Gasteiger partial charge in [0.1, 0.15) is 5.76 Å². The van der Waals surface area contributed by atoms with Crippen LogP contribution >= 0.6 is 11.6 Å². The number of carbonyl (C=O) groups is 1. The van der Waals surface area contributed by atoms with E-state index in [9.17, 15) is 4.79 Å². The zero-order valence-corrected chi connectivity index (χ0v) is 13.4. The van der Waals surface area contributed by atoms with Crippen molar-refractivity contribution in [3.63, 3.8) is 0 Å². The number of benzene rings is 1. The second-order valence-electron chi connectivity index (χ2n) is 5.01. The Labute approximate surface area is 146 Å². The Hall–Kier alpha value is -3.32. The van der Waals surface area contributed by atoms with E-state index in [1.807, 2.05) is 0 Å². The topological polar surface area (TPSA) is 94.3 Å². The number of furan rings is 2. The molecule has 0 fully saturated rings. The van der Waals surface area contributed by atoms with E-state index in [2.05, 4.69) is 15.5 Å². The standard InChI is InChI=1S/C17H10ClN3O4/c18-11-5-3-10(4-6-11)12-7-8-13(24-12)15(22)19-17-21-20-16(25-17)14-2-1-9-23-14/h1-9H,(H,19,21,22). The van der Waals surface area contributed by atoms with Crippen LogP contribution in [0.3, 0.4) is 0 Å². The fourth-order valence-electron chi connectivity index (χ4n) is 2.16. The Balaban J connectivity index is 1.49. The molecular weight excluding hydrogens is 346 g/mol. The van der Waals surface area contributed by atoms with Gasteiger partial charge in [-0.2, -0.15) is 0 Å². The van der Waals surface area contributed by atoms with Gasteiger partial charge in [-0.1, -0.05) is 16.7 Å². The number of rotatable bonds is 4. The molecule has 0 saturated carbocycles. The average molecular weight is 356 g/mol. The van der Waals surface area contributed by atoms with Crippen LogP contribution in [-0.4, -0.2) is 16.1 Å². The van der Waals surface area contributed by atoms with Gasteiger partial charge in [-0.05, 0) is 48.5 Å². The van der Waals surface area contributed by atoms with Crippen molar-refractivity contribution in [2.75, 3.05) is 5.32 Å².